The summed E-state index contributed by atoms with van der Waals surface area (Å²) in [5.41, 5.74) is -1.12. The number of piperidine rings is 1. The number of nitrogens with one attached hydrogen (secondary N) is 1. The van der Waals surface area contributed by atoms with Crippen LogP contribution in [-0.2, 0) is 14.3 Å². The molecule has 20 heavy (non-hydrogen) atoms. The molecule has 1 heterocycles. The molecule has 1 aliphatic heterocycles. The maximum Gasteiger partial charge on any atom is 0.329 e. The summed E-state index contributed by atoms with van der Waals surface area (Å²) >= 11 is 0. The Labute approximate surface area is 117 Å². The number of methoxy groups -OCH3 is 1. The lowest BCUT2D eigenvalue weighted by Gasteiger charge is -2.41. The molecule has 0 aromatic carbocycles. The fraction of sp³-hybridized carbons (Fsp3) is 0.769. The molecule has 2 N–H and O–H groups in total. The van der Waals surface area contributed by atoms with E-state index in [1.54, 1.807) is 0 Å². The Morgan fingerprint density at radius 1 is 1.30 bits per heavy atom. The summed E-state index contributed by atoms with van der Waals surface area (Å²) in [6.45, 7) is 0.823. The molecule has 112 valence electrons. The van der Waals surface area contributed by atoms with Gasteiger partial charge < -0.3 is 20.1 Å². The van der Waals surface area contributed by atoms with Gasteiger partial charge in [-0.05, 0) is 32.1 Å². The monoisotopic (exact) mass is 284 g/mol. The highest BCUT2D eigenvalue weighted by molar-refractivity contribution is 5.87. The number of carbonyl (C=O) groups is 3. The average Bonchev–Trinajstić information content (AvgIpc) is 2.41. The lowest BCUT2D eigenvalue weighted by Crippen LogP contribution is -2.62. The number of hydrogen-bond donors (Lipinski definition) is 2. The van der Waals surface area contributed by atoms with Gasteiger partial charge in [0.25, 0.3) is 0 Å². The highest BCUT2D eigenvalue weighted by atomic mass is 16.5. The number of aliphatic carboxylic acids is 1. The molecule has 7 nitrogen and oxygen atoms in total. The number of amides is 2. The highest BCUT2D eigenvalue weighted by Crippen LogP contribution is 2.32. The molecule has 2 fully saturated rings. The van der Waals surface area contributed by atoms with Crippen LogP contribution in [0.4, 0.5) is 4.79 Å². The molecule has 0 radical (unpaired) electrons. The van der Waals surface area contributed by atoms with E-state index >= 15 is 0 Å². The fourth-order valence-corrected chi connectivity index (χ4v) is 2.73. The first-order valence-electron chi connectivity index (χ1n) is 6.87. The van der Waals surface area contributed by atoms with Crippen molar-refractivity contribution in [2.75, 3.05) is 20.2 Å². The van der Waals surface area contributed by atoms with Crippen LogP contribution in [0.25, 0.3) is 0 Å². The molecule has 2 rings (SSSR count). The molecule has 1 saturated carbocycles. The third kappa shape index (κ3) is 2.71. The van der Waals surface area contributed by atoms with Gasteiger partial charge in [0.2, 0.25) is 0 Å². The fourth-order valence-electron chi connectivity index (χ4n) is 2.73. The third-order valence-electron chi connectivity index (χ3n) is 4.21. The summed E-state index contributed by atoms with van der Waals surface area (Å²) in [4.78, 5) is 36.4. The summed E-state index contributed by atoms with van der Waals surface area (Å²) in [5, 5.41) is 11.8. The molecule has 1 saturated heterocycles. The molecule has 0 aromatic rings. The highest BCUT2D eigenvalue weighted by Gasteiger charge is 2.46. The number of carboxylic acid groups (broad SMARTS) is 1. The van der Waals surface area contributed by atoms with Crippen LogP contribution in [0.2, 0.25) is 0 Å². The van der Waals surface area contributed by atoms with Crippen molar-refractivity contribution in [1.82, 2.24) is 10.2 Å². The van der Waals surface area contributed by atoms with Crippen molar-refractivity contribution in [2.45, 2.75) is 37.6 Å². The van der Waals surface area contributed by atoms with Gasteiger partial charge in [-0.15, -0.1) is 0 Å². The van der Waals surface area contributed by atoms with Gasteiger partial charge in [0.05, 0.1) is 13.0 Å². The Kier molecular flexibility index (Phi) is 4.15. The summed E-state index contributed by atoms with van der Waals surface area (Å²) in [5.74, 6) is -1.63. The topological polar surface area (TPSA) is 95.9 Å². The molecular formula is C13H20N2O5. The maximum atomic E-state index is 12.2. The average molecular weight is 284 g/mol. The Morgan fingerprint density at radius 2 is 2.00 bits per heavy atom. The predicted octanol–water partition coefficient (Wildman–Crippen LogP) is 0.588. The predicted molar refractivity (Wildman–Crippen MR) is 69.1 cm³/mol. The van der Waals surface area contributed by atoms with E-state index < -0.39 is 17.5 Å². The van der Waals surface area contributed by atoms with Crippen LogP contribution >= 0.6 is 0 Å². The lowest BCUT2D eigenvalue weighted by molar-refractivity contribution is -0.149. The van der Waals surface area contributed by atoms with E-state index in [4.69, 9.17) is 4.74 Å². The normalized spacial score (nSPS) is 24.4. The number of hydrogen-bond acceptors (Lipinski definition) is 4. The van der Waals surface area contributed by atoms with Gasteiger partial charge in [-0.1, -0.05) is 0 Å². The Morgan fingerprint density at radius 3 is 2.50 bits per heavy atom. The van der Waals surface area contributed by atoms with Gasteiger partial charge in [-0.25, -0.2) is 9.59 Å². The number of carboxylic acids is 1. The first kappa shape index (κ1) is 14.6. The second-order valence-electron chi connectivity index (χ2n) is 5.48. The van der Waals surface area contributed by atoms with Crippen molar-refractivity contribution in [3.05, 3.63) is 0 Å². The molecule has 0 aromatic heterocycles. The minimum Gasteiger partial charge on any atom is -0.480 e. The molecule has 1 aliphatic carbocycles. The Bertz CT molecular complexity index is 419. The van der Waals surface area contributed by atoms with E-state index in [0.29, 0.717) is 32.2 Å². The van der Waals surface area contributed by atoms with Crippen LogP contribution < -0.4 is 5.32 Å². The van der Waals surface area contributed by atoms with Crippen LogP contribution in [0.15, 0.2) is 0 Å². The number of esters is 1. The number of likely N-dealkylation sites (tertiary alicyclic amines) is 1. The van der Waals surface area contributed by atoms with Crippen molar-refractivity contribution in [2.24, 2.45) is 5.92 Å². The van der Waals surface area contributed by atoms with E-state index in [1.807, 2.05) is 0 Å². The van der Waals surface area contributed by atoms with Crippen LogP contribution in [0.3, 0.4) is 0 Å². The number of ether oxygens (including phenoxy) is 1. The lowest BCUT2D eigenvalue weighted by atomic mass is 9.77. The summed E-state index contributed by atoms with van der Waals surface area (Å²) in [7, 11) is 1.33. The van der Waals surface area contributed by atoms with Crippen molar-refractivity contribution in [1.29, 1.82) is 0 Å². The number of carbonyl (C=O) groups excluding carboxylic acids is 2. The summed E-state index contributed by atoms with van der Waals surface area (Å²) < 4.78 is 4.70. The van der Waals surface area contributed by atoms with E-state index in [0.717, 1.165) is 6.42 Å². The van der Waals surface area contributed by atoms with Crippen LogP contribution in [0, 0.1) is 5.92 Å². The molecule has 7 heteroatoms. The van der Waals surface area contributed by atoms with Crippen molar-refractivity contribution in [3.8, 4) is 0 Å². The number of rotatable bonds is 3. The third-order valence-corrected chi connectivity index (χ3v) is 4.21. The largest absolute Gasteiger partial charge is 0.480 e. The van der Waals surface area contributed by atoms with Crippen molar-refractivity contribution >= 4 is 18.0 Å². The first-order chi connectivity index (χ1) is 9.48. The van der Waals surface area contributed by atoms with Crippen LogP contribution in [-0.4, -0.2) is 53.7 Å². The zero-order valence-corrected chi connectivity index (χ0v) is 11.6. The summed E-state index contributed by atoms with van der Waals surface area (Å²) in [6.07, 6.45) is 3.13. The zero-order valence-electron chi connectivity index (χ0n) is 11.6. The second kappa shape index (κ2) is 5.68. The van der Waals surface area contributed by atoms with Gasteiger partial charge in [0, 0.05) is 13.1 Å². The molecular weight excluding hydrogens is 264 g/mol. The van der Waals surface area contributed by atoms with E-state index in [9.17, 15) is 19.5 Å². The molecule has 2 aliphatic rings. The second-order valence-corrected chi connectivity index (χ2v) is 5.48. The maximum absolute atomic E-state index is 12.2. The van der Waals surface area contributed by atoms with Crippen LogP contribution in [0.5, 0.6) is 0 Å². The summed E-state index contributed by atoms with van der Waals surface area (Å²) in [6, 6.07) is -0.402. The molecule has 0 spiro atoms. The van der Waals surface area contributed by atoms with Gasteiger partial charge in [0.1, 0.15) is 5.54 Å². The zero-order chi connectivity index (χ0) is 14.8. The van der Waals surface area contributed by atoms with E-state index in [2.05, 4.69) is 5.32 Å². The quantitative estimate of drug-likeness (QED) is 0.739. The standard InChI is InChI=1S/C13H20N2O5/c1-20-10(16)9-4-2-7-15(8-9)12(19)14-13(11(17)18)5-3-6-13/h9H,2-8H2,1H3,(H,14,19)(H,17,18). The number of nitrogens with zero attached hydrogens (tertiary/aromatic N) is 1. The number of urea groups is 1. The molecule has 2 amide bonds. The van der Waals surface area contributed by atoms with Gasteiger partial charge >= 0.3 is 18.0 Å². The van der Waals surface area contributed by atoms with E-state index in [-0.39, 0.29) is 18.4 Å². The SMILES string of the molecule is COC(=O)C1CCCN(C(=O)NC2(C(=O)O)CCC2)C1. The first-order valence-corrected chi connectivity index (χ1v) is 6.87. The van der Waals surface area contributed by atoms with Crippen molar-refractivity contribution in [3.63, 3.8) is 0 Å². The Balaban J connectivity index is 1.95. The van der Waals surface area contributed by atoms with Gasteiger partial charge in [-0.3, -0.25) is 4.79 Å². The molecule has 1 atom stereocenters. The Hall–Kier alpha value is -1.79. The minimum absolute atomic E-state index is 0.286. The smallest absolute Gasteiger partial charge is 0.329 e. The minimum atomic E-state index is -1.12. The van der Waals surface area contributed by atoms with Crippen molar-refractivity contribution < 1.29 is 24.2 Å². The van der Waals surface area contributed by atoms with Crippen LogP contribution in [0.1, 0.15) is 32.1 Å². The van der Waals surface area contributed by atoms with Gasteiger partial charge in [0.15, 0.2) is 0 Å². The van der Waals surface area contributed by atoms with E-state index in [1.165, 1.54) is 12.0 Å². The van der Waals surface area contributed by atoms with Gasteiger partial charge in [-0.2, -0.15) is 0 Å². The molecule has 1 unspecified atom stereocenters. The molecule has 0 bridgehead atoms.